The van der Waals surface area contributed by atoms with Crippen LogP contribution in [-0.2, 0) is 16.6 Å². The summed E-state index contributed by atoms with van der Waals surface area (Å²) in [6, 6.07) is 5.91. The van der Waals surface area contributed by atoms with Gasteiger partial charge < -0.3 is 5.32 Å². The van der Waals surface area contributed by atoms with Crippen molar-refractivity contribution in [2.24, 2.45) is 5.41 Å². The highest BCUT2D eigenvalue weighted by Crippen LogP contribution is 2.45. The Morgan fingerprint density at radius 2 is 1.95 bits per heavy atom. The summed E-state index contributed by atoms with van der Waals surface area (Å²) >= 11 is 0. The highest BCUT2D eigenvalue weighted by atomic mass is 32.2. The van der Waals surface area contributed by atoms with E-state index in [-0.39, 0.29) is 11.5 Å². The smallest absolute Gasteiger partial charge is 0.241 e. The maximum atomic E-state index is 12.6. The molecule has 2 N–H and O–H groups in total. The Kier molecular flexibility index (Phi) is 4.47. The van der Waals surface area contributed by atoms with E-state index >= 15 is 0 Å². The first-order chi connectivity index (χ1) is 9.63. The molecule has 2 rings (SSSR count). The van der Waals surface area contributed by atoms with Gasteiger partial charge in [-0.05, 0) is 36.0 Å². The van der Waals surface area contributed by atoms with Gasteiger partial charge in [0, 0.05) is 18.6 Å². The van der Waals surface area contributed by atoms with Crippen LogP contribution in [0.2, 0.25) is 0 Å². The van der Waals surface area contributed by atoms with Crippen LogP contribution in [-0.4, -0.2) is 20.5 Å². The van der Waals surface area contributed by atoms with Gasteiger partial charge in [0.25, 0.3) is 0 Å². The van der Waals surface area contributed by atoms with Crippen molar-refractivity contribution in [1.82, 2.24) is 10.0 Å². The second kappa shape index (κ2) is 5.71. The normalized spacial score (nSPS) is 20.8. The molecule has 0 aromatic heterocycles. The van der Waals surface area contributed by atoms with Crippen molar-refractivity contribution in [3.05, 3.63) is 29.3 Å². The number of sulfonamides is 1. The average Bonchev–Trinajstić information content (AvgIpc) is 2.93. The molecule has 1 aromatic carbocycles. The molecule has 1 fully saturated rings. The fourth-order valence-corrected chi connectivity index (χ4v) is 4.07. The fourth-order valence-electron chi connectivity index (χ4n) is 2.38. The van der Waals surface area contributed by atoms with Gasteiger partial charge in [-0.2, -0.15) is 0 Å². The molecule has 1 aliphatic rings. The van der Waals surface area contributed by atoms with Crippen LogP contribution in [0.5, 0.6) is 0 Å². The van der Waals surface area contributed by atoms with Gasteiger partial charge in [-0.25, -0.2) is 13.1 Å². The minimum Gasteiger partial charge on any atom is -0.310 e. The van der Waals surface area contributed by atoms with Crippen molar-refractivity contribution in [2.75, 3.05) is 0 Å². The molecule has 0 aliphatic heterocycles. The first-order valence-electron chi connectivity index (χ1n) is 7.48. The van der Waals surface area contributed by atoms with Crippen LogP contribution >= 0.6 is 0 Å². The van der Waals surface area contributed by atoms with E-state index < -0.39 is 10.0 Å². The molecule has 1 saturated carbocycles. The number of rotatable bonds is 6. The third kappa shape index (κ3) is 3.84. The van der Waals surface area contributed by atoms with E-state index in [4.69, 9.17) is 0 Å². The van der Waals surface area contributed by atoms with Crippen molar-refractivity contribution in [2.45, 2.75) is 64.6 Å². The van der Waals surface area contributed by atoms with Gasteiger partial charge >= 0.3 is 0 Å². The average molecular weight is 310 g/mol. The number of benzene rings is 1. The van der Waals surface area contributed by atoms with Gasteiger partial charge in [0.2, 0.25) is 10.0 Å². The lowest BCUT2D eigenvalue weighted by Gasteiger charge is -2.15. The summed E-state index contributed by atoms with van der Waals surface area (Å²) in [5.74, 6) is 0. The summed E-state index contributed by atoms with van der Waals surface area (Å²) in [5.41, 5.74) is 1.94. The zero-order valence-corrected chi connectivity index (χ0v) is 14.3. The van der Waals surface area contributed by atoms with Crippen molar-refractivity contribution in [3.63, 3.8) is 0 Å². The molecule has 1 aromatic rings. The van der Waals surface area contributed by atoms with E-state index in [0.717, 1.165) is 17.5 Å². The van der Waals surface area contributed by atoms with E-state index in [1.165, 1.54) is 0 Å². The van der Waals surface area contributed by atoms with Gasteiger partial charge in [-0.15, -0.1) is 0 Å². The van der Waals surface area contributed by atoms with E-state index in [1.54, 1.807) is 6.07 Å². The molecule has 1 atom stereocenters. The quantitative estimate of drug-likeness (QED) is 0.849. The minimum absolute atomic E-state index is 0.0549. The number of hydrogen-bond donors (Lipinski definition) is 2. The zero-order valence-electron chi connectivity index (χ0n) is 13.5. The van der Waals surface area contributed by atoms with Crippen molar-refractivity contribution in [1.29, 1.82) is 0 Å². The first kappa shape index (κ1) is 16.5. The third-order valence-electron chi connectivity index (χ3n) is 4.20. The molecule has 4 nitrogen and oxygen atoms in total. The Morgan fingerprint density at radius 3 is 2.48 bits per heavy atom. The topological polar surface area (TPSA) is 58.2 Å². The summed E-state index contributed by atoms with van der Waals surface area (Å²) < 4.78 is 27.9. The number of hydrogen-bond acceptors (Lipinski definition) is 3. The van der Waals surface area contributed by atoms with Gasteiger partial charge in [0.05, 0.1) is 4.90 Å². The van der Waals surface area contributed by atoms with E-state index in [1.807, 2.05) is 19.1 Å². The predicted molar refractivity (Wildman–Crippen MR) is 85.7 cm³/mol. The number of nitrogens with one attached hydrogen (secondary N) is 2. The Morgan fingerprint density at radius 1 is 1.33 bits per heavy atom. The van der Waals surface area contributed by atoms with Crippen LogP contribution in [0.4, 0.5) is 0 Å². The molecule has 118 valence electrons. The largest absolute Gasteiger partial charge is 0.310 e. The molecule has 1 unspecified atom stereocenters. The first-order valence-corrected chi connectivity index (χ1v) is 8.96. The van der Waals surface area contributed by atoms with Crippen molar-refractivity contribution >= 4 is 10.0 Å². The molecule has 0 saturated heterocycles. The maximum Gasteiger partial charge on any atom is 0.241 e. The van der Waals surface area contributed by atoms with Gasteiger partial charge in [0.15, 0.2) is 0 Å². The molecule has 1 aliphatic carbocycles. The molecule has 5 heteroatoms. The molecular weight excluding hydrogens is 284 g/mol. The minimum atomic E-state index is -3.44. The third-order valence-corrected chi connectivity index (χ3v) is 5.81. The predicted octanol–water partition coefficient (Wildman–Crippen LogP) is 2.57. The molecule has 21 heavy (non-hydrogen) atoms. The highest BCUT2D eigenvalue weighted by molar-refractivity contribution is 7.89. The summed E-state index contributed by atoms with van der Waals surface area (Å²) in [6.45, 7) is 10.9. The molecule has 0 heterocycles. The van der Waals surface area contributed by atoms with Crippen molar-refractivity contribution in [3.8, 4) is 0 Å². The summed E-state index contributed by atoms with van der Waals surface area (Å²) in [7, 11) is -3.44. The second-order valence-corrected chi connectivity index (χ2v) is 8.62. The lowest BCUT2D eigenvalue weighted by molar-refractivity contribution is 0.553. The van der Waals surface area contributed by atoms with Gasteiger partial charge in [-0.1, -0.05) is 39.8 Å². The lowest BCUT2D eigenvalue weighted by atomic mass is 10.1. The van der Waals surface area contributed by atoms with Crippen LogP contribution in [0.3, 0.4) is 0 Å². The molecule has 0 bridgehead atoms. The van der Waals surface area contributed by atoms with Crippen molar-refractivity contribution < 1.29 is 8.42 Å². The maximum absolute atomic E-state index is 12.6. The standard InChI is InChI=1S/C16H26N2O2S/c1-11(2)17-10-13-7-6-8-14(12(13)3)21(19,20)18-15-9-16(15,4)5/h6-8,11,15,17-18H,9-10H2,1-5H3. The van der Waals surface area contributed by atoms with E-state index in [2.05, 4.69) is 37.7 Å². The SMILES string of the molecule is Cc1c(CNC(C)C)cccc1S(=O)(=O)NC1CC1(C)C. The Hall–Kier alpha value is -0.910. The second-order valence-electron chi connectivity index (χ2n) is 6.94. The molecule has 0 spiro atoms. The summed E-state index contributed by atoms with van der Waals surface area (Å²) in [4.78, 5) is 0.397. The fraction of sp³-hybridized carbons (Fsp3) is 0.625. The van der Waals surface area contributed by atoms with Crippen LogP contribution in [0.25, 0.3) is 0 Å². The zero-order chi connectivity index (χ0) is 15.8. The van der Waals surface area contributed by atoms with Gasteiger partial charge in [0.1, 0.15) is 0 Å². The van der Waals surface area contributed by atoms with E-state index in [9.17, 15) is 8.42 Å². The van der Waals surface area contributed by atoms with E-state index in [0.29, 0.717) is 17.5 Å². The molecule has 0 radical (unpaired) electrons. The van der Waals surface area contributed by atoms with Crippen LogP contribution in [0.1, 0.15) is 45.2 Å². The van der Waals surface area contributed by atoms with Crippen LogP contribution < -0.4 is 10.0 Å². The van der Waals surface area contributed by atoms with Crippen LogP contribution in [0.15, 0.2) is 23.1 Å². The highest BCUT2D eigenvalue weighted by Gasteiger charge is 2.48. The summed E-state index contributed by atoms with van der Waals surface area (Å²) in [6.07, 6.45) is 0.903. The Bertz CT molecular complexity index is 621. The lowest BCUT2D eigenvalue weighted by Crippen LogP contribution is -2.29. The summed E-state index contributed by atoms with van der Waals surface area (Å²) in [5, 5.41) is 3.33. The molecular formula is C16H26N2O2S. The monoisotopic (exact) mass is 310 g/mol. The molecule has 0 amide bonds. The van der Waals surface area contributed by atoms with Gasteiger partial charge in [-0.3, -0.25) is 0 Å². The van der Waals surface area contributed by atoms with Crippen LogP contribution in [0, 0.1) is 12.3 Å². The Labute approximate surface area is 128 Å². The Balaban J connectivity index is 2.21.